The first-order chi connectivity index (χ1) is 18.3. The molecule has 0 bridgehead atoms. The minimum absolute atomic E-state index is 0.0377. The van der Waals surface area contributed by atoms with Crippen LogP contribution in [-0.4, -0.2) is 53.6 Å². The van der Waals surface area contributed by atoms with Crippen molar-refractivity contribution in [2.24, 2.45) is 5.73 Å². The molecular weight excluding hydrogens is 518 g/mol. The van der Waals surface area contributed by atoms with Crippen molar-refractivity contribution in [1.82, 2.24) is 15.0 Å². The number of carbonyl (C=O) groups excluding carboxylic acids is 1. The minimum atomic E-state index is -3.07. The Morgan fingerprint density at radius 3 is 2.56 bits per heavy atom. The van der Waals surface area contributed by atoms with Gasteiger partial charge >= 0.3 is 5.97 Å². The average Bonchev–Trinajstić information content (AvgIpc) is 3.67. The van der Waals surface area contributed by atoms with E-state index in [9.17, 15) is 13.2 Å². The van der Waals surface area contributed by atoms with Crippen LogP contribution >= 0.6 is 0 Å². The number of sulfone groups is 1. The Bertz CT molecular complexity index is 1560. The van der Waals surface area contributed by atoms with E-state index in [1.54, 1.807) is 24.5 Å². The van der Waals surface area contributed by atoms with Gasteiger partial charge in [0, 0.05) is 24.2 Å². The van der Waals surface area contributed by atoms with Crippen LogP contribution in [0.15, 0.2) is 30.6 Å². The number of ether oxygens (including phenoxy) is 2. The Hall–Kier alpha value is -3.31. The molecule has 11 heteroatoms. The lowest BCUT2D eigenvalue weighted by Crippen LogP contribution is -2.46. The first kappa shape index (κ1) is 27.3. The Morgan fingerprint density at radius 1 is 1.15 bits per heavy atom. The summed E-state index contributed by atoms with van der Waals surface area (Å²) in [5.74, 6) is 1.20. The summed E-state index contributed by atoms with van der Waals surface area (Å²) in [6.45, 7) is 8.06. The van der Waals surface area contributed by atoms with Crippen molar-refractivity contribution in [3.8, 4) is 5.88 Å². The van der Waals surface area contributed by atoms with Crippen LogP contribution in [-0.2, 0) is 25.5 Å². The highest BCUT2D eigenvalue weighted by Gasteiger charge is 2.63. The zero-order valence-corrected chi connectivity index (χ0v) is 23.8. The van der Waals surface area contributed by atoms with Crippen LogP contribution in [0.25, 0.3) is 10.8 Å². The maximum absolute atomic E-state index is 12.6. The van der Waals surface area contributed by atoms with Crippen molar-refractivity contribution >= 4 is 38.2 Å². The van der Waals surface area contributed by atoms with Crippen molar-refractivity contribution in [2.45, 2.75) is 69.9 Å². The number of nitrogens with zero attached hydrogens (tertiary/aromatic N) is 3. The predicted molar refractivity (Wildman–Crippen MR) is 149 cm³/mol. The smallest absolute Gasteiger partial charge is 0.340 e. The van der Waals surface area contributed by atoms with E-state index in [1.807, 2.05) is 33.8 Å². The second kappa shape index (κ2) is 9.41. The summed E-state index contributed by atoms with van der Waals surface area (Å²) < 4.78 is 34.5. The Labute approximate surface area is 228 Å². The van der Waals surface area contributed by atoms with Crippen LogP contribution in [0, 0.1) is 0 Å². The zero-order valence-electron chi connectivity index (χ0n) is 23.0. The second-order valence-electron chi connectivity index (χ2n) is 11.4. The maximum atomic E-state index is 12.6. The Kier molecular flexibility index (Phi) is 6.58. The number of carbonyl (C=O) groups is 1. The summed E-state index contributed by atoms with van der Waals surface area (Å²) in [4.78, 5) is 26.6. The topological polar surface area (TPSA) is 146 Å². The van der Waals surface area contributed by atoms with Crippen molar-refractivity contribution in [1.29, 1.82) is 0 Å². The molecule has 5 rings (SSSR count). The Morgan fingerprint density at radius 2 is 1.90 bits per heavy atom. The zero-order chi connectivity index (χ0) is 28.2. The molecule has 0 saturated heterocycles. The summed E-state index contributed by atoms with van der Waals surface area (Å²) >= 11 is 0. The number of aromatic nitrogens is 3. The van der Waals surface area contributed by atoms with Gasteiger partial charge in [-0.15, -0.1) is 0 Å². The van der Waals surface area contributed by atoms with Crippen molar-refractivity contribution in [2.75, 3.05) is 23.9 Å². The van der Waals surface area contributed by atoms with E-state index in [4.69, 9.17) is 20.2 Å². The minimum Gasteiger partial charge on any atom is -0.477 e. The summed E-state index contributed by atoms with van der Waals surface area (Å²) in [7, 11) is -3.07. The van der Waals surface area contributed by atoms with Crippen LogP contribution in [0.4, 0.5) is 11.6 Å². The molecule has 10 nitrogen and oxygen atoms in total. The molecule has 3 N–H and O–H groups in total. The number of nitrogens with one attached hydrogen (secondary N) is 1. The average molecular weight is 554 g/mol. The lowest BCUT2D eigenvalue weighted by atomic mass is 9.80. The molecule has 1 saturated carbocycles. The lowest BCUT2D eigenvalue weighted by Gasteiger charge is -2.39. The van der Waals surface area contributed by atoms with Gasteiger partial charge in [0.2, 0.25) is 5.88 Å². The van der Waals surface area contributed by atoms with E-state index in [2.05, 4.69) is 15.3 Å². The van der Waals surface area contributed by atoms with E-state index in [0.29, 0.717) is 41.3 Å². The maximum Gasteiger partial charge on any atom is 0.340 e. The number of pyridine rings is 3. The van der Waals surface area contributed by atoms with E-state index in [1.165, 1.54) is 6.26 Å². The fraction of sp³-hybridized carbons (Fsp3) is 0.500. The van der Waals surface area contributed by atoms with Gasteiger partial charge in [-0.25, -0.2) is 28.2 Å². The van der Waals surface area contributed by atoms with E-state index in [0.717, 1.165) is 29.5 Å². The highest BCUT2D eigenvalue weighted by Crippen LogP contribution is 2.59. The standard InChI is InChI=1S/C28H35N5O5S/c1-6-27(4,29)20-16-31-24(37-12-7-13-39(5,35)36)19-15-30-22(14-18(19)20)32-21-9-8-17-23(33-21)28(10-11-28)26(2,3)38-25(17)34/h8-9,14-16H,6-7,10-13,29H2,1-5H3,(H,30,32,33). The SMILES string of the molecule is CCC(C)(N)c1cnc(OCCCS(C)(=O)=O)c2cnc(Nc3ccc4c(n3)C3(CC3)C(C)(C)OC4=O)cc12. The predicted octanol–water partition coefficient (Wildman–Crippen LogP) is 4.15. The summed E-state index contributed by atoms with van der Waals surface area (Å²) in [6.07, 6.45) is 7.46. The molecule has 39 heavy (non-hydrogen) atoms. The van der Waals surface area contributed by atoms with Gasteiger partial charge in [0.15, 0.2) is 0 Å². The fourth-order valence-electron chi connectivity index (χ4n) is 5.25. The molecule has 3 aromatic rings. The van der Waals surface area contributed by atoms with E-state index >= 15 is 0 Å². The third kappa shape index (κ3) is 5.05. The molecule has 0 amide bonds. The van der Waals surface area contributed by atoms with Crippen LogP contribution in [0.3, 0.4) is 0 Å². The number of nitrogens with two attached hydrogens (primary N) is 1. The molecule has 1 aliphatic heterocycles. The normalized spacial score (nSPS) is 18.8. The van der Waals surface area contributed by atoms with Gasteiger partial charge < -0.3 is 20.5 Å². The van der Waals surface area contributed by atoms with Gasteiger partial charge in [-0.1, -0.05) is 6.92 Å². The number of hydrogen-bond donors (Lipinski definition) is 2. The number of cyclic esters (lactones) is 1. The molecule has 3 aromatic heterocycles. The van der Waals surface area contributed by atoms with Crippen LogP contribution in [0.5, 0.6) is 5.88 Å². The fourth-order valence-corrected chi connectivity index (χ4v) is 5.89. The lowest BCUT2D eigenvalue weighted by molar-refractivity contribution is -0.0285. The summed E-state index contributed by atoms with van der Waals surface area (Å²) in [5.41, 5.74) is 7.22. The van der Waals surface area contributed by atoms with Crippen molar-refractivity contribution in [3.63, 3.8) is 0 Å². The molecule has 4 heterocycles. The number of anilines is 2. The third-order valence-electron chi connectivity index (χ3n) is 8.06. The molecule has 0 radical (unpaired) electrons. The number of esters is 1. The van der Waals surface area contributed by atoms with Crippen LogP contribution < -0.4 is 15.8 Å². The van der Waals surface area contributed by atoms with Gasteiger partial charge in [0.1, 0.15) is 27.1 Å². The molecule has 1 atom stereocenters. The van der Waals surface area contributed by atoms with Gasteiger partial charge in [-0.2, -0.15) is 0 Å². The van der Waals surface area contributed by atoms with E-state index < -0.39 is 21.0 Å². The first-order valence-electron chi connectivity index (χ1n) is 13.2. The second-order valence-corrected chi connectivity index (χ2v) is 13.7. The number of rotatable bonds is 9. The molecule has 1 spiro atoms. The summed E-state index contributed by atoms with van der Waals surface area (Å²) in [6, 6.07) is 5.40. The van der Waals surface area contributed by atoms with Gasteiger partial charge in [0.05, 0.1) is 34.4 Å². The molecule has 1 aliphatic carbocycles. The molecular formula is C28H35N5O5S. The molecule has 1 fully saturated rings. The Balaban J connectivity index is 1.49. The van der Waals surface area contributed by atoms with Crippen molar-refractivity contribution in [3.05, 3.63) is 47.4 Å². The molecule has 2 aliphatic rings. The first-order valence-corrected chi connectivity index (χ1v) is 15.2. The largest absolute Gasteiger partial charge is 0.477 e. The number of fused-ring (bicyclic) bond motifs is 3. The van der Waals surface area contributed by atoms with Gasteiger partial charge in [-0.3, -0.25) is 0 Å². The quantitative estimate of drug-likeness (QED) is 0.293. The highest BCUT2D eigenvalue weighted by atomic mass is 32.2. The van der Waals surface area contributed by atoms with Crippen molar-refractivity contribution < 1.29 is 22.7 Å². The van der Waals surface area contributed by atoms with Gasteiger partial charge in [-0.05, 0) is 75.6 Å². The van der Waals surface area contributed by atoms with E-state index in [-0.39, 0.29) is 23.7 Å². The number of hydrogen-bond acceptors (Lipinski definition) is 10. The third-order valence-corrected chi connectivity index (χ3v) is 9.09. The highest BCUT2D eigenvalue weighted by molar-refractivity contribution is 7.90. The molecule has 1 unspecified atom stereocenters. The van der Waals surface area contributed by atoms with Crippen LogP contribution in [0.2, 0.25) is 0 Å². The molecule has 0 aromatic carbocycles. The summed E-state index contributed by atoms with van der Waals surface area (Å²) in [5, 5.41) is 4.81. The molecule has 208 valence electrons. The monoisotopic (exact) mass is 553 g/mol. The van der Waals surface area contributed by atoms with Gasteiger partial charge in [0.25, 0.3) is 0 Å². The van der Waals surface area contributed by atoms with Crippen LogP contribution in [0.1, 0.15) is 75.0 Å².